The van der Waals surface area contributed by atoms with Gasteiger partial charge in [-0.15, -0.1) is 0 Å². The lowest BCUT2D eigenvalue weighted by Crippen LogP contribution is -2.20. The molecule has 0 radical (unpaired) electrons. The van der Waals surface area contributed by atoms with E-state index in [2.05, 4.69) is 40.4 Å². The van der Waals surface area contributed by atoms with Crippen LogP contribution in [0.15, 0.2) is 49.4 Å². The summed E-state index contributed by atoms with van der Waals surface area (Å²) < 4.78 is 17.8. The van der Waals surface area contributed by atoms with Crippen LogP contribution in [0.4, 0.5) is 10.1 Å². The molecule has 11 nitrogen and oxygen atoms in total. The molecule has 0 spiro atoms. The van der Waals surface area contributed by atoms with E-state index < -0.39 is 12.0 Å². The zero-order valence-corrected chi connectivity index (χ0v) is 20.9. The second-order valence-corrected chi connectivity index (χ2v) is 9.57. The Hall–Kier alpha value is -4.71. The highest BCUT2D eigenvalue weighted by molar-refractivity contribution is 5.96. The smallest absolute Gasteiger partial charge is 0.166 e. The van der Waals surface area contributed by atoms with Gasteiger partial charge in [0, 0.05) is 24.2 Å². The van der Waals surface area contributed by atoms with Crippen LogP contribution in [0.3, 0.4) is 0 Å². The summed E-state index contributed by atoms with van der Waals surface area (Å²) in [7, 11) is 0. The van der Waals surface area contributed by atoms with Gasteiger partial charge in [0.15, 0.2) is 17.5 Å². The molecule has 6 aromatic rings. The van der Waals surface area contributed by atoms with Gasteiger partial charge in [-0.1, -0.05) is 13.8 Å². The summed E-state index contributed by atoms with van der Waals surface area (Å²) in [5.41, 5.74) is 4.07. The second kappa shape index (κ2) is 9.30. The first kappa shape index (κ1) is 23.7. The third-order valence-electron chi connectivity index (χ3n) is 6.15. The Balaban J connectivity index is 1.41. The van der Waals surface area contributed by atoms with Gasteiger partial charge in [-0.3, -0.25) is 19.6 Å². The molecule has 12 heteroatoms. The van der Waals surface area contributed by atoms with Crippen LogP contribution in [0.1, 0.15) is 26.0 Å². The van der Waals surface area contributed by atoms with E-state index in [0.717, 1.165) is 11.2 Å². The van der Waals surface area contributed by atoms with Crippen LogP contribution in [0.5, 0.6) is 0 Å². The predicted octanol–water partition coefficient (Wildman–Crippen LogP) is 4.37. The minimum atomic E-state index is -0.744. The molecule has 6 aromatic heterocycles. The minimum absolute atomic E-state index is 0.113. The van der Waals surface area contributed by atoms with Crippen LogP contribution in [-0.2, 0) is 0 Å². The SMILES string of the molecule is Cc1cn(-c2nccc3[nH]c(-c4n[nH]c5cnc(-c6cncc(NC(O)CC(C)C)c6)c(F)c45)nc23)cn1. The van der Waals surface area contributed by atoms with E-state index in [9.17, 15) is 5.11 Å². The standard InChI is InChI=1S/C26H25FN10O/c1-13(2)6-19(38)32-16-7-15(8-28-9-16)22-21(27)20-18(10-30-22)35-36-24(20)25-33-17-4-5-29-26(23(17)34-25)37-11-14(3)31-12-37/h4-5,7-13,19,32,38H,6H2,1-3H3,(H,33,34)(H,35,36). The van der Waals surface area contributed by atoms with Gasteiger partial charge in [0.25, 0.3) is 0 Å². The van der Waals surface area contributed by atoms with Crippen molar-refractivity contribution in [3.05, 3.63) is 61.0 Å². The number of imidazole rings is 2. The van der Waals surface area contributed by atoms with Crippen molar-refractivity contribution in [2.24, 2.45) is 5.92 Å². The molecule has 0 bridgehead atoms. The number of aromatic nitrogens is 9. The molecular weight excluding hydrogens is 487 g/mol. The Morgan fingerprint density at radius 3 is 2.76 bits per heavy atom. The zero-order valence-electron chi connectivity index (χ0n) is 20.9. The zero-order chi connectivity index (χ0) is 26.4. The molecule has 0 amide bonds. The summed E-state index contributed by atoms with van der Waals surface area (Å²) in [5.74, 6) is 0.739. The first-order chi connectivity index (χ1) is 18.4. The van der Waals surface area contributed by atoms with Gasteiger partial charge in [0.1, 0.15) is 29.5 Å². The van der Waals surface area contributed by atoms with Crippen LogP contribution >= 0.6 is 0 Å². The molecule has 6 rings (SSSR count). The summed E-state index contributed by atoms with van der Waals surface area (Å²) in [6, 6.07) is 3.51. The number of hydrogen-bond acceptors (Lipinski definition) is 8. The summed E-state index contributed by atoms with van der Waals surface area (Å²) in [5, 5.41) is 20.7. The fourth-order valence-electron chi connectivity index (χ4n) is 4.45. The number of aromatic amines is 2. The molecule has 0 saturated carbocycles. The van der Waals surface area contributed by atoms with Gasteiger partial charge in [-0.05, 0) is 31.4 Å². The molecule has 1 unspecified atom stereocenters. The van der Waals surface area contributed by atoms with E-state index in [0.29, 0.717) is 52.0 Å². The van der Waals surface area contributed by atoms with Crippen LogP contribution in [0.25, 0.3) is 50.5 Å². The molecule has 6 heterocycles. The topological polar surface area (TPSA) is 146 Å². The Morgan fingerprint density at radius 1 is 1.11 bits per heavy atom. The van der Waals surface area contributed by atoms with E-state index in [1.807, 2.05) is 27.0 Å². The van der Waals surface area contributed by atoms with Crippen molar-refractivity contribution < 1.29 is 9.50 Å². The van der Waals surface area contributed by atoms with Crippen molar-refractivity contribution in [1.82, 2.24) is 44.7 Å². The molecule has 4 N–H and O–H groups in total. The van der Waals surface area contributed by atoms with Crippen LogP contribution in [0, 0.1) is 18.7 Å². The summed E-state index contributed by atoms with van der Waals surface area (Å²) in [4.78, 5) is 25.2. The van der Waals surface area contributed by atoms with E-state index >= 15 is 4.39 Å². The van der Waals surface area contributed by atoms with E-state index in [1.165, 1.54) is 12.4 Å². The third-order valence-corrected chi connectivity index (χ3v) is 6.15. The van der Waals surface area contributed by atoms with Gasteiger partial charge in [0.05, 0.1) is 40.2 Å². The van der Waals surface area contributed by atoms with Crippen molar-refractivity contribution in [2.75, 3.05) is 5.32 Å². The highest BCUT2D eigenvalue weighted by Gasteiger charge is 2.22. The van der Waals surface area contributed by atoms with Crippen molar-refractivity contribution in [2.45, 2.75) is 33.4 Å². The Kier molecular flexibility index (Phi) is 5.80. The first-order valence-corrected chi connectivity index (χ1v) is 12.2. The molecule has 0 aliphatic rings. The van der Waals surface area contributed by atoms with E-state index in [1.54, 1.807) is 35.4 Å². The van der Waals surface area contributed by atoms with Gasteiger partial charge in [0.2, 0.25) is 0 Å². The number of rotatable bonds is 7. The molecular formula is C26H25FN10O. The number of aryl methyl sites for hydroxylation is 1. The number of hydrogen-bond donors (Lipinski definition) is 4. The van der Waals surface area contributed by atoms with Crippen LogP contribution in [-0.4, -0.2) is 56.0 Å². The number of aliphatic hydroxyl groups is 1. The van der Waals surface area contributed by atoms with Gasteiger partial charge in [-0.2, -0.15) is 5.10 Å². The van der Waals surface area contributed by atoms with Crippen molar-refractivity contribution in [1.29, 1.82) is 0 Å². The summed E-state index contributed by atoms with van der Waals surface area (Å²) in [6.07, 6.45) is 9.66. The number of nitrogens with zero attached hydrogens (tertiary/aromatic N) is 7. The number of anilines is 1. The maximum absolute atomic E-state index is 16.0. The second-order valence-electron chi connectivity index (χ2n) is 9.57. The molecule has 1 atom stereocenters. The van der Waals surface area contributed by atoms with Crippen LogP contribution in [0.2, 0.25) is 0 Å². The molecule has 0 aliphatic heterocycles. The Bertz CT molecular complexity index is 1770. The highest BCUT2D eigenvalue weighted by Crippen LogP contribution is 2.33. The van der Waals surface area contributed by atoms with Gasteiger partial charge >= 0.3 is 0 Å². The number of fused-ring (bicyclic) bond motifs is 2. The van der Waals surface area contributed by atoms with Crippen molar-refractivity contribution >= 4 is 27.6 Å². The van der Waals surface area contributed by atoms with E-state index in [-0.39, 0.29) is 11.1 Å². The lowest BCUT2D eigenvalue weighted by molar-refractivity contribution is 0.176. The Morgan fingerprint density at radius 2 is 1.97 bits per heavy atom. The van der Waals surface area contributed by atoms with Crippen LogP contribution < -0.4 is 5.32 Å². The van der Waals surface area contributed by atoms with Gasteiger partial charge in [-0.25, -0.2) is 19.3 Å². The monoisotopic (exact) mass is 512 g/mol. The number of aliphatic hydroxyl groups excluding tert-OH is 1. The molecule has 0 aromatic carbocycles. The van der Waals surface area contributed by atoms with Gasteiger partial charge < -0.3 is 15.4 Å². The van der Waals surface area contributed by atoms with Crippen molar-refractivity contribution in [3.8, 4) is 28.6 Å². The van der Waals surface area contributed by atoms with Crippen molar-refractivity contribution in [3.63, 3.8) is 0 Å². The first-order valence-electron chi connectivity index (χ1n) is 12.2. The van der Waals surface area contributed by atoms with E-state index in [4.69, 9.17) is 4.98 Å². The average molecular weight is 513 g/mol. The fraction of sp³-hybridized carbons (Fsp3) is 0.231. The minimum Gasteiger partial charge on any atom is -0.374 e. The molecule has 192 valence electrons. The largest absolute Gasteiger partial charge is 0.374 e. The number of H-pyrrole nitrogens is 2. The average Bonchev–Trinajstić information content (AvgIpc) is 3.61. The lowest BCUT2D eigenvalue weighted by Gasteiger charge is -2.16. The Labute approximate surface area is 216 Å². The normalized spacial score (nSPS) is 12.6. The number of nitrogens with one attached hydrogen (secondary N) is 3. The summed E-state index contributed by atoms with van der Waals surface area (Å²) in [6.45, 7) is 5.94. The number of halogens is 1. The quantitative estimate of drug-likeness (QED) is 0.231. The molecule has 0 saturated heterocycles. The third kappa shape index (κ3) is 4.24. The lowest BCUT2D eigenvalue weighted by atomic mass is 10.1. The molecule has 0 aliphatic carbocycles. The fourth-order valence-corrected chi connectivity index (χ4v) is 4.45. The maximum Gasteiger partial charge on any atom is 0.166 e. The summed E-state index contributed by atoms with van der Waals surface area (Å²) >= 11 is 0. The predicted molar refractivity (Wildman–Crippen MR) is 141 cm³/mol. The maximum atomic E-state index is 16.0. The highest BCUT2D eigenvalue weighted by atomic mass is 19.1. The molecule has 38 heavy (non-hydrogen) atoms. The number of pyridine rings is 3. The molecule has 0 fully saturated rings.